The van der Waals surface area contributed by atoms with Crippen molar-refractivity contribution in [3.8, 4) is 5.75 Å². The topological polar surface area (TPSA) is 90.0 Å². The van der Waals surface area contributed by atoms with Gasteiger partial charge in [0.15, 0.2) is 5.79 Å². The standard InChI is InChI=1S/C21H23N3O5/c1-27-18-5-3-2-4-16(18)23-19(25)15-6-9-22-17(14-15)20(26)24-10-7-21(8-11-24)28-12-13-29-21/h2-6,9,14H,7-8,10-13H2,1H3,(H,23,25). The predicted molar refractivity (Wildman–Crippen MR) is 105 cm³/mol. The van der Waals surface area contributed by atoms with Gasteiger partial charge in [-0.15, -0.1) is 0 Å². The Labute approximate surface area is 168 Å². The molecule has 0 aliphatic carbocycles. The first-order chi connectivity index (χ1) is 14.1. The summed E-state index contributed by atoms with van der Waals surface area (Å²) in [6.07, 6.45) is 2.73. The first kappa shape index (κ1) is 19.4. The maximum Gasteiger partial charge on any atom is 0.272 e. The van der Waals surface area contributed by atoms with Gasteiger partial charge in [-0.05, 0) is 24.3 Å². The molecule has 0 atom stereocenters. The van der Waals surface area contributed by atoms with E-state index in [1.807, 2.05) is 6.07 Å². The number of benzene rings is 1. The third-order valence-corrected chi connectivity index (χ3v) is 5.22. The van der Waals surface area contributed by atoms with Gasteiger partial charge in [-0.1, -0.05) is 12.1 Å². The second kappa shape index (κ2) is 8.18. The molecule has 152 valence electrons. The summed E-state index contributed by atoms with van der Waals surface area (Å²) in [5.41, 5.74) is 1.15. The van der Waals surface area contributed by atoms with Crippen LogP contribution in [0.5, 0.6) is 5.75 Å². The van der Waals surface area contributed by atoms with E-state index in [4.69, 9.17) is 14.2 Å². The molecule has 2 fully saturated rings. The van der Waals surface area contributed by atoms with Crippen LogP contribution < -0.4 is 10.1 Å². The number of anilines is 1. The molecule has 2 aliphatic heterocycles. The number of nitrogens with one attached hydrogen (secondary N) is 1. The Bertz CT molecular complexity index is 901. The summed E-state index contributed by atoms with van der Waals surface area (Å²) in [6.45, 7) is 2.24. The minimum absolute atomic E-state index is 0.204. The molecule has 2 amide bonds. The van der Waals surface area contributed by atoms with Crippen LogP contribution >= 0.6 is 0 Å². The highest BCUT2D eigenvalue weighted by atomic mass is 16.7. The molecule has 8 heteroatoms. The number of amides is 2. The SMILES string of the molecule is COc1ccccc1NC(=O)c1ccnc(C(=O)N2CCC3(CC2)OCCO3)c1. The van der Waals surface area contributed by atoms with Gasteiger partial charge in [0.25, 0.3) is 11.8 Å². The normalized spacial score (nSPS) is 17.9. The number of nitrogens with zero attached hydrogens (tertiary/aromatic N) is 2. The van der Waals surface area contributed by atoms with Crippen LogP contribution in [0.4, 0.5) is 5.69 Å². The van der Waals surface area contributed by atoms with E-state index >= 15 is 0 Å². The number of para-hydroxylation sites is 2. The molecule has 0 unspecified atom stereocenters. The Kier molecular flexibility index (Phi) is 5.46. The van der Waals surface area contributed by atoms with Gasteiger partial charge in [0, 0.05) is 37.7 Å². The minimum atomic E-state index is -0.541. The highest BCUT2D eigenvalue weighted by Crippen LogP contribution is 2.31. The molecule has 8 nitrogen and oxygen atoms in total. The van der Waals surface area contributed by atoms with Crippen LogP contribution in [-0.4, -0.2) is 60.9 Å². The van der Waals surface area contributed by atoms with Gasteiger partial charge in [-0.2, -0.15) is 0 Å². The molecule has 1 aromatic heterocycles. The van der Waals surface area contributed by atoms with Gasteiger partial charge in [0.05, 0.1) is 26.0 Å². The quantitative estimate of drug-likeness (QED) is 0.852. The van der Waals surface area contributed by atoms with Crippen LogP contribution in [0, 0.1) is 0 Å². The van der Waals surface area contributed by atoms with E-state index in [2.05, 4.69) is 10.3 Å². The molecular formula is C21H23N3O5. The second-order valence-electron chi connectivity index (χ2n) is 6.98. The second-order valence-corrected chi connectivity index (χ2v) is 6.98. The summed E-state index contributed by atoms with van der Waals surface area (Å²) in [5, 5.41) is 2.81. The highest BCUT2D eigenvalue weighted by molar-refractivity contribution is 6.06. The highest BCUT2D eigenvalue weighted by Gasteiger charge is 2.41. The van der Waals surface area contributed by atoms with Crippen molar-refractivity contribution in [3.05, 3.63) is 53.9 Å². The van der Waals surface area contributed by atoms with Crippen molar-refractivity contribution in [2.45, 2.75) is 18.6 Å². The number of carbonyl (C=O) groups excluding carboxylic acids is 2. The molecule has 4 rings (SSSR count). The average molecular weight is 397 g/mol. The lowest BCUT2D eigenvalue weighted by Crippen LogP contribution is -2.47. The Hall–Kier alpha value is -2.97. The summed E-state index contributed by atoms with van der Waals surface area (Å²) >= 11 is 0. The van der Waals surface area contributed by atoms with Crippen LogP contribution in [0.2, 0.25) is 0 Å². The molecule has 1 aromatic carbocycles. The zero-order chi connectivity index (χ0) is 20.3. The lowest BCUT2D eigenvalue weighted by Gasteiger charge is -2.37. The molecule has 2 aliphatic rings. The van der Waals surface area contributed by atoms with Gasteiger partial charge >= 0.3 is 0 Å². The summed E-state index contributed by atoms with van der Waals surface area (Å²) in [7, 11) is 1.54. The monoisotopic (exact) mass is 397 g/mol. The van der Waals surface area contributed by atoms with E-state index < -0.39 is 5.79 Å². The zero-order valence-electron chi connectivity index (χ0n) is 16.2. The number of methoxy groups -OCH3 is 1. The minimum Gasteiger partial charge on any atom is -0.495 e. The average Bonchev–Trinajstić information content (AvgIpc) is 3.22. The third kappa shape index (κ3) is 4.08. The summed E-state index contributed by atoms with van der Waals surface area (Å²) in [6, 6.07) is 10.2. The smallest absolute Gasteiger partial charge is 0.272 e. The molecule has 1 spiro atoms. The van der Waals surface area contributed by atoms with Gasteiger partial charge in [0.2, 0.25) is 0 Å². The molecule has 1 N–H and O–H groups in total. The number of pyridine rings is 1. The fourth-order valence-corrected chi connectivity index (χ4v) is 3.63. The van der Waals surface area contributed by atoms with E-state index in [1.54, 1.807) is 36.3 Å². The van der Waals surface area contributed by atoms with Gasteiger partial charge in [-0.25, -0.2) is 0 Å². The van der Waals surface area contributed by atoms with E-state index in [-0.39, 0.29) is 17.5 Å². The predicted octanol–water partition coefficient (Wildman–Crippen LogP) is 2.32. The number of aromatic nitrogens is 1. The maximum absolute atomic E-state index is 12.9. The molecule has 3 heterocycles. The molecule has 0 radical (unpaired) electrons. The fourth-order valence-electron chi connectivity index (χ4n) is 3.63. The maximum atomic E-state index is 12.9. The van der Waals surface area contributed by atoms with Gasteiger partial charge < -0.3 is 24.4 Å². The molecular weight excluding hydrogens is 374 g/mol. The number of hydrogen-bond acceptors (Lipinski definition) is 6. The van der Waals surface area contributed by atoms with Crippen molar-refractivity contribution < 1.29 is 23.8 Å². The molecule has 2 aromatic rings. The number of carbonyl (C=O) groups is 2. The Morgan fingerprint density at radius 1 is 1.14 bits per heavy atom. The lowest BCUT2D eigenvalue weighted by molar-refractivity contribution is -0.181. The van der Waals surface area contributed by atoms with Crippen molar-refractivity contribution in [1.82, 2.24) is 9.88 Å². The van der Waals surface area contributed by atoms with Crippen molar-refractivity contribution in [2.75, 3.05) is 38.7 Å². The summed E-state index contributed by atoms with van der Waals surface area (Å²) in [5.74, 6) is -0.522. The number of likely N-dealkylation sites (tertiary alicyclic amines) is 1. The first-order valence-corrected chi connectivity index (χ1v) is 9.58. The number of piperidine rings is 1. The van der Waals surface area contributed by atoms with Crippen molar-refractivity contribution >= 4 is 17.5 Å². The molecule has 0 bridgehead atoms. The molecule has 29 heavy (non-hydrogen) atoms. The van der Waals surface area contributed by atoms with Crippen molar-refractivity contribution in [2.24, 2.45) is 0 Å². The van der Waals surface area contributed by atoms with Crippen molar-refractivity contribution in [3.63, 3.8) is 0 Å². The number of ether oxygens (including phenoxy) is 3. The zero-order valence-corrected chi connectivity index (χ0v) is 16.2. The fraction of sp³-hybridized carbons (Fsp3) is 0.381. The van der Waals surface area contributed by atoms with Gasteiger partial charge in [-0.3, -0.25) is 14.6 Å². The summed E-state index contributed by atoms with van der Waals surface area (Å²) < 4.78 is 16.7. The van der Waals surface area contributed by atoms with E-state index in [1.165, 1.54) is 12.3 Å². The van der Waals surface area contributed by atoms with Gasteiger partial charge in [0.1, 0.15) is 11.4 Å². The van der Waals surface area contributed by atoms with E-state index in [0.29, 0.717) is 56.1 Å². The van der Waals surface area contributed by atoms with Crippen molar-refractivity contribution in [1.29, 1.82) is 0 Å². The first-order valence-electron chi connectivity index (χ1n) is 9.58. The largest absolute Gasteiger partial charge is 0.495 e. The number of rotatable bonds is 4. The van der Waals surface area contributed by atoms with Crippen LogP contribution in [0.15, 0.2) is 42.6 Å². The lowest BCUT2D eigenvalue weighted by atomic mass is 10.0. The number of hydrogen-bond donors (Lipinski definition) is 1. The third-order valence-electron chi connectivity index (χ3n) is 5.22. The van der Waals surface area contributed by atoms with Crippen LogP contribution in [0.25, 0.3) is 0 Å². The summed E-state index contributed by atoms with van der Waals surface area (Å²) in [4.78, 5) is 31.4. The van der Waals surface area contributed by atoms with Crippen LogP contribution in [-0.2, 0) is 9.47 Å². The molecule has 0 saturated carbocycles. The van der Waals surface area contributed by atoms with E-state index in [0.717, 1.165) is 0 Å². The van der Waals surface area contributed by atoms with E-state index in [9.17, 15) is 9.59 Å². The Balaban J connectivity index is 1.44. The molecule has 2 saturated heterocycles. The van der Waals surface area contributed by atoms with Crippen LogP contribution in [0.1, 0.15) is 33.7 Å². The Morgan fingerprint density at radius 3 is 2.59 bits per heavy atom. The van der Waals surface area contributed by atoms with Crippen LogP contribution in [0.3, 0.4) is 0 Å². The Morgan fingerprint density at radius 2 is 1.86 bits per heavy atom.